The zero-order valence-electron chi connectivity index (χ0n) is 11.8. The molecule has 1 unspecified atom stereocenters. The molecule has 1 aromatic heterocycles. The first-order chi connectivity index (χ1) is 10.1. The summed E-state index contributed by atoms with van der Waals surface area (Å²) in [5.74, 6) is 0.876. The van der Waals surface area contributed by atoms with Gasteiger partial charge in [0.05, 0.1) is 6.04 Å². The Morgan fingerprint density at radius 2 is 2.00 bits per heavy atom. The van der Waals surface area contributed by atoms with Gasteiger partial charge in [-0.15, -0.1) is 0 Å². The number of furan rings is 1. The Kier molecular flexibility index (Phi) is 4.07. The van der Waals surface area contributed by atoms with Crippen molar-refractivity contribution in [3.63, 3.8) is 0 Å². The maximum absolute atomic E-state index is 6.04. The second-order valence-electron chi connectivity index (χ2n) is 5.03. The molecule has 3 aromatic rings. The van der Waals surface area contributed by atoms with Crippen LogP contribution >= 0.6 is 27.5 Å². The average molecular weight is 365 g/mol. The fraction of sp³-hybridized carbons (Fsp3) is 0.176. The Morgan fingerprint density at radius 1 is 1.19 bits per heavy atom. The quantitative estimate of drug-likeness (QED) is 0.667. The predicted molar refractivity (Wildman–Crippen MR) is 91.0 cm³/mol. The monoisotopic (exact) mass is 363 g/mol. The Hall–Kier alpha value is -1.29. The lowest BCUT2D eigenvalue weighted by Gasteiger charge is -2.16. The summed E-state index contributed by atoms with van der Waals surface area (Å²) in [6, 6.07) is 13.9. The lowest BCUT2D eigenvalue weighted by atomic mass is 10.0. The molecule has 0 fully saturated rings. The van der Waals surface area contributed by atoms with Gasteiger partial charge in [0.1, 0.15) is 11.3 Å². The van der Waals surface area contributed by atoms with E-state index >= 15 is 0 Å². The Bertz CT molecular complexity index is 797. The van der Waals surface area contributed by atoms with E-state index < -0.39 is 0 Å². The SMILES string of the molecule is CNC(c1cc2cc(Cl)ccc2o1)c1cccc(C)c1Br. The fourth-order valence-electron chi connectivity index (χ4n) is 2.52. The molecule has 2 nitrogen and oxygen atoms in total. The highest BCUT2D eigenvalue weighted by Gasteiger charge is 2.19. The molecule has 0 saturated heterocycles. The van der Waals surface area contributed by atoms with Crippen molar-refractivity contribution in [3.8, 4) is 0 Å². The summed E-state index contributed by atoms with van der Waals surface area (Å²) in [4.78, 5) is 0. The third kappa shape index (κ3) is 2.73. The smallest absolute Gasteiger partial charge is 0.134 e. The first-order valence-electron chi connectivity index (χ1n) is 6.71. The second-order valence-corrected chi connectivity index (χ2v) is 6.26. The maximum atomic E-state index is 6.04. The van der Waals surface area contributed by atoms with Crippen molar-refractivity contribution in [2.24, 2.45) is 0 Å². The highest BCUT2D eigenvalue weighted by Crippen LogP contribution is 2.34. The van der Waals surface area contributed by atoms with Gasteiger partial charge in [0, 0.05) is 14.9 Å². The van der Waals surface area contributed by atoms with Gasteiger partial charge in [0.2, 0.25) is 0 Å². The molecule has 0 aliphatic rings. The summed E-state index contributed by atoms with van der Waals surface area (Å²) in [5.41, 5.74) is 3.20. The molecular formula is C17H15BrClNO. The fourth-order valence-corrected chi connectivity index (χ4v) is 3.19. The van der Waals surface area contributed by atoms with E-state index in [4.69, 9.17) is 16.0 Å². The van der Waals surface area contributed by atoms with E-state index in [1.165, 1.54) is 5.56 Å². The van der Waals surface area contributed by atoms with Crippen LogP contribution in [0.15, 0.2) is 51.4 Å². The molecule has 0 spiro atoms. The summed E-state index contributed by atoms with van der Waals surface area (Å²) < 4.78 is 7.08. The van der Waals surface area contributed by atoms with Crippen LogP contribution in [0.1, 0.15) is 22.9 Å². The Morgan fingerprint density at radius 3 is 2.76 bits per heavy atom. The van der Waals surface area contributed by atoms with E-state index in [-0.39, 0.29) is 6.04 Å². The third-order valence-corrected chi connectivity index (χ3v) is 4.92. The molecule has 0 bridgehead atoms. The minimum absolute atomic E-state index is 0.00884. The number of halogens is 2. The van der Waals surface area contributed by atoms with Crippen LogP contribution < -0.4 is 5.32 Å². The molecule has 108 valence electrons. The number of nitrogens with one attached hydrogen (secondary N) is 1. The van der Waals surface area contributed by atoms with Gasteiger partial charge in [-0.25, -0.2) is 0 Å². The summed E-state index contributed by atoms with van der Waals surface area (Å²) in [6.07, 6.45) is 0. The predicted octanol–water partition coefficient (Wildman–Crippen LogP) is 5.47. The van der Waals surface area contributed by atoms with Crippen LogP contribution in [0.25, 0.3) is 11.0 Å². The molecule has 0 aliphatic carbocycles. The van der Waals surface area contributed by atoms with Crippen molar-refractivity contribution >= 4 is 38.5 Å². The van der Waals surface area contributed by atoms with E-state index in [0.29, 0.717) is 5.02 Å². The van der Waals surface area contributed by atoms with Crippen LogP contribution in [0.2, 0.25) is 5.02 Å². The molecule has 1 N–H and O–H groups in total. The van der Waals surface area contributed by atoms with Gasteiger partial charge in [-0.2, -0.15) is 0 Å². The first-order valence-corrected chi connectivity index (χ1v) is 7.88. The number of hydrogen-bond acceptors (Lipinski definition) is 2. The van der Waals surface area contributed by atoms with Crippen LogP contribution in [0.5, 0.6) is 0 Å². The largest absolute Gasteiger partial charge is 0.459 e. The van der Waals surface area contributed by atoms with Crippen molar-refractivity contribution in [1.82, 2.24) is 5.32 Å². The molecule has 0 aliphatic heterocycles. The van der Waals surface area contributed by atoms with Crippen molar-refractivity contribution in [2.45, 2.75) is 13.0 Å². The highest BCUT2D eigenvalue weighted by atomic mass is 79.9. The van der Waals surface area contributed by atoms with Gasteiger partial charge >= 0.3 is 0 Å². The number of fused-ring (bicyclic) bond motifs is 1. The normalized spacial score (nSPS) is 12.8. The molecular weight excluding hydrogens is 350 g/mol. The molecule has 0 saturated carbocycles. The van der Waals surface area contributed by atoms with E-state index in [1.807, 2.05) is 31.3 Å². The summed E-state index contributed by atoms with van der Waals surface area (Å²) in [7, 11) is 1.93. The molecule has 2 aromatic carbocycles. The molecule has 0 radical (unpaired) electrons. The number of benzene rings is 2. The Labute approximate surface area is 137 Å². The minimum Gasteiger partial charge on any atom is -0.459 e. The number of rotatable bonds is 3. The zero-order chi connectivity index (χ0) is 15.0. The van der Waals surface area contributed by atoms with Gasteiger partial charge in [0.25, 0.3) is 0 Å². The standard InChI is InChI=1S/C17H15BrClNO/c1-10-4-3-5-13(16(10)18)17(20-2)15-9-11-8-12(19)6-7-14(11)21-15/h3-9,17,20H,1-2H3. The number of aryl methyl sites for hydroxylation is 1. The van der Waals surface area contributed by atoms with Gasteiger partial charge in [-0.05, 0) is 49.4 Å². The zero-order valence-corrected chi connectivity index (χ0v) is 14.1. The van der Waals surface area contributed by atoms with Crippen molar-refractivity contribution in [2.75, 3.05) is 7.05 Å². The molecule has 4 heteroatoms. The van der Waals surface area contributed by atoms with Crippen LogP contribution in [0, 0.1) is 6.92 Å². The van der Waals surface area contributed by atoms with Gasteiger partial charge < -0.3 is 9.73 Å². The lowest BCUT2D eigenvalue weighted by Crippen LogP contribution is -2.17. The van der Waals surface area contributed by atoms with Gasteiger partial charge in [0.15, 0.2) is 0 Å². The van der Waals surface area contributed by atoms with Crippen LogP contribution in [-0.4, -0.2) is 7.05 Å². The second kappa shape index (κ2) is 5.84. The summed E-state index contributed by atoms with van der Waals surface area (Å²) in [6.45, 7) is 2.08. The van der Waals surface area contributed by atoms with Crippen LogP contribution in [-0.2, 0) is 0 Å². The lowest BCUT2D eigenvalue weighted by molar-refractivity contribution is 0.490. The van der Waals surface area contributed by atoms with Gasteiger partial charge in [-0.1, -0.05) is 45.7 Å². The summed E-state index contributed by atoms with van der Waals surface area (Å²) >= 11 is 9.71. The third-order valence-electron chi connectivity index (χ3n) is 3.60. The van der Waals surface area contributed by atoms with Crippen molar-refractivity contribution < 1.29 is 4.42 Å². The highest BCUT2D eigenvalue weighted by molar-refractivity contribution is 9.10. The number of hydrogen-bond donors (Lipinski definition) is 1. The minimum atomic E-state index is -0.00884. The molecule has 1 atom stereocenters. The van der Waals surface area contributed by atoms with E-state index in [1.54, 1.807) is 0 Å². The Balaban J connectivity index is 2.11. The maximum Gasteiger partial charge on any atom is 0.134 e. The first kappa shape index (κ1) is 14.6. The van der Waals surface area contributed by atoms with Crippen LogP contribution in [0.3, 0.4) is 0 Å². The molecule has 0 amide bonds. The molecule has 1 heterocycles. The van der Waals surface area contributed by atoms with Crippen LogP contribution in [0.4, 0.5) is 0 Å². The average Bonchev–Trinajstić information content (AvgIpc) is 2.87. The van der Waals surface area contributed by atoms with Crippen molar-refractivity contribution in [1.29, 1.82) is 0 Å². The van der Waals surface area contributed by atoms with Gasteiger partial charge in [-0.3, -0.25) is 0 Å². The van der Waals surface area contributed by atoms with E-state index in [9.17, 15) is 0 Å². The van der Waals surface area contributed by atoms with E-state index in [0.717, 1.165) is 26.8 Å². The van der Waals surface area contributed by atoms with E-state index in [2.05, 4.69) is 46.4 Å². The topological polar surface area (TPSA) is 25.2 Å². The molecule has 3 rings (SSSR count). The van der Waals surface area contributed by atoms with Crippen molar-refractivity contribution in [3.05, 3.63) is 68.8 Å². The molecule has 21 heavy (non-hydrogen) atoms. The summed E-state index contributed by atoms with van der Waals surface area (Å²) in [5, 5.41) is 5.05.